The predicted molar refractivity (Wildman–Crippen MR) is 70.8 cm³/mol. The van der Waals surface area contributed by atoms with Gasteiger partial charge in [-0.25, -0.2) is 4.39 Å². The Morgan fingerprint density at radius 1 is 1.05 bits per heavy atom. The second-order valence-corrected chi connectivity index (χ2v) is 4.60. The van der Waals surface area contributed by atoms with E-state index in [2.05, 4.69) is 22.5 Å². The summed E-state index contributed by atoms with van der Waals surface area (Å²) in [6, 6.07) is 16.6. The maximum atomic E-state index is 12.9. The molecule has 96 valence electrons. The standard InChI is InChI=1S/C15H14FN3/c16-14-8-6-13(7-9-14)15-11-19(18-17-15)10-12-4-2-1-3-5-12/h1-9,15H,10-11H2. The van der Waals surface area contributed by atoms with Crippen molar-refractivity contribution in [2.24, 2.45) is 10.3 Å². The summed E-state index contributed by atoms with van der Waals surface area (Å²) >= 11 is 0. The molecule has 0 bridgehead atoms. The number of rotatable bonds is 3. The zero-order chi connectivity index (χ0) is 13.1. The molecule has 3 rings (SSSR count). The fourth-order valence-corrected chi connectivity index (χ4v) is 2.16. The van der Waals surface area contributed by atoms with Crippen molar-refractivity contribution in [3.8, 4) is 0 Å². The van der Waals surface area contributed by atoms with Crippen LogP contribution in [0.15, 0.2) is 64.9 Å². The summed E-state index contributed by atoms with van der Waals surface area (Å²) in [6.07, 6.45) is 0. The van der Waals surface area contributed by atoms with E-state index in [0.717, 1.165) is 18.7 Å². The molecule has 1 aliphatic heterocycles. The van der Waals surface area contributed by atoms with Gasteiger partial charge in [-0.05, 0) is 23.3 Å². The van der Waals surface area contributed by atoms with Gasteiger partial charge in [0.1, 0.15) is 11.9 Å². The quantitative estimate of drug-likeness (QED) is 0.820. The monoisotopic (exact) mass is 255 g/mol. The molecule has 0 amide bonds. The summed E-state index contributed by atoms with van der Waals surface area (Å²) in [4.78, 5) is 0. The van der Waals surface area contributed by atoms with Crippen LogP contribution in [0.1, 0.15) is 17.2 Å². The van der Waals surface area contributed by atoms with Gasteiger partial charge >= 0.3 is 0 Å². The van der Waals surface area contributed by atoms with Crippen molar-refractivity contribution in [1.29, 1.82) is 0 Å². The number of hydrogen-bond donors (Lipinski definition) is 0. The topological polar surface area (TPSA) is 28.0 Å². The van der Waals surface area contributed by atoms with Crippen molar-refractivity contribution in [3.63, 3.8) is 0 Å². The van der Waals surface area contributed by atoms with Gasteiger partial charge in [0, 0.05) is 0 Å². The molecular formula is C15H14FN3. The smallest absolute Gasteiger partial charge is 0.123 e. The number of hydrogen-bond acceptors (Lipinski definition) is 3. The molecule has 0 spiro atoms. The third kappa shape index (κ3) is 2.78. The van der Waals surface area contributed by atoms with Crippen LogP contribution in [-0.4, -0.2) is 11.6 Å². The largest absolute Gasteiger partial charge is 0.272 e. The highest BCUT2D eigenvalue weighted by atomic mass is 19.1. The van der Waals surface area contributed by atoms with Gasteiger partial charge in [0.25, 0.3) is 0 Å². The van der Waals surface area contributed by atoms with Gasteiger partial charge in [-0.3, -0.25) is 5.01 Å². The van der Waals surface area contributed by atoms with E-state index in [1.54, 1.807) is 12.1 Å². The highest BCUT2D eigenvalue weighted by molar-refractivity contribution is 5.21. The first-order valence-corrected chi connectivity index (χ1v) is 6.26. The lowest BCUT2D eigenvalue weighted by atomic mass is 10.1. The molecule has 19 heavy (non-hydrogen) atoms. The zero-order valence-electron chi connectivity index (χ0n) is 10.4. The first-order chi connectivity index (χ1) is 9.31. The molecule has 0 saturated carbocycles. The Balaban J connectivity index is 1.65. The van der Waals surface area contributed by atoms with Crippen LogP contribution in [0, 0.1) is 5.82 Å². The molecular weight excluding hydrogens is 241 g/mol. The zero-order valence-corrected chi connectivity index (χ0v) is 10.4. The second-order valence-electron chi connectivity index (χ2n) is 4.60. The molecule has 0 aliphatic carbocycles. The minimum absolute atomic E-state index is 0.00399. The highest BCUT2D eigenvalue weighted by Gasteiger charge is 2.20. The molecule has 3 nitrogen and oxygen atoms in total. The third-order valence-corrected chi connectivity index (χ3v) is 3.16. The lowest BCUT2D eigenvalue weighted by molar-refractivity contribution is 0.301. The van der Waals surface area contributed by atoms with Crippen molar-refractivity contribution >= 4 is 0 Å². The first kappa shape index (κ1) is 11.8. The van der Waals surface area contributed by atoms with Crippen molar-refractivity contribution in [3.05, 3.63) is 71.5 Å². The summed E-state index contributed by atoms with van der Waals surface area (Å²) < 4.78 is 12.9. The van der Waals surface area contributed by atoms with Crippen LogP contribution in [0.2, 0.25) is 0 Å². The molecule has 0 N–H and O–H groups in total. The second kappa shape index (κ2) is 5.18. The summed E-state index contributed by atoms with van der Waals surface area (Å²) in [5.41, 5.74) is 2.21. The van der Waals surface area contributed by atoms with Gasteiger partial charge in [0.05, 0.1) is 13.1 Å². The first-order valence-electron chi connectivity index (χ1n) is 6.26. The lowest BCUT2D eigenvalue weighted by Gasteiger charge is -2.13. The minimum Gasteiger partial charge on any atom is -0.272 e. The summed E-state index contributed by atoms with van der Waals surface area (Å²) in [5, 5.41) is 10.4. The van der Waals surface area contributed by atoms with Crippen LogP contribution in [0.4, 0.5) is 4.39 Å². The molecule has 2 aromatic rings. The average Bonchev–Trinajstić information content (AvgIpc) is 2.89. The Morgan fingerprint density at radius 3 is 2.53 bits per heavy atom. The molecule has 1 atom stereocenters. The van der Waals surface area contributed by atoms with Crippen LogP contribution in [-0.2, 0) is 6.54 Å². The number of halogens is 1. The Labute approximate surface area is 111 Å². The molecule has 4 heteroatoms. The molecule has 1 heterocycles. The fourth-order valence-electron chi connectivity index (χ4n) is 2.16. The Bertz CT molecular complexity index is 566. The lowest BCUT2D eigenvalue weighted by Crippen LogP contribution is -2.16. The van der Waals surface area contributed by atoms with Crippen LogP contribution in [0.25, 0.3) is 0 Å². The van der Waals surface area contributed by atoms with E-state index in [1.165, 1.54) is 17.7 Å². The van der Waals surface area contributed by atoms with Crippen LogP contribution < -0.4 is 0 Å². The van der Waals surface area contributed by atoms with Crippen LogP contribution in [0.3, 0.4) is 0 Å². The molecule has 0 radical (unpaired) electrons. The summed E-state index contributed by atoms with van der Waals surface area (Å²) in [7, 11) is 0. The van der Waals surface area contributed by atoms with E-state index < -0.39 is 0 Å². The van der Waals surface area contributed by atoms with Crippen molar-refractivity contribution in [2.45, 2.75) is 12.6 Å². The van der Waals surface area contributed by atoms with Crippen molar-refractivity contribution in [1.82, 2.24) is 5.01 Å². The van der Waals surface area contributed by atoms with Gasteiger partial charge in [-0.15, -0.1) is 0 Å². The van der Waals surface area contributed by atoms with E-state index in [4.69, 9.17) is 0 Å². The van der Waals surface area contributed by atoms with Crippen LogP contribution >= 0.6 is 0 Å². The van der Waals surface area contributed by atoms with Gasteiger partial charge < -0.3 is 0 Å². The van der Waals surface area contributed by atoms with E-state index in [1.807, 2.05) is 23.2 Å². The Kier molecular flexibility index (Phi) is 3.23. The van der Waals surface area contributed by atoms with Crippen LogP contribution in [0.5, 0.6) is 0 Å². The maximum Gasteiger partial charge on any atom is 0.123 e. The van der Waals surface area contributed by atoms with E-state index in [-0.39, 0.29) is 11.9 Å². The Morgan fingerprint density at radius 2 is 1.79 bits per heavy atom. The average molecular weight is 255 g/mol. The van der Waals surface area contributed by atoms with E-state index in [0.29, 0.717) is 0 Å². The summed E-state index contributed by atoms with van der Waals surface area (Å²) in [6.45, 7) is 1.49. The molecule has 1 aliphatic rings. The number of benzene rings is 2. The number of nitrogens with zero attached hydrogens (tertiary/aromatic N) is 3. The third-order valence-electron chi connectivity index (χ3n) is 3.16. The normalized spacial score (nSPS) is 17.9. The van der Waals surface area contributed by atoms with Crippen molar-refractivity contribution < 1.29 is 4.39 Å². The van der Waals surface area contributed by atoms with Crippen molar-refractivity contribution in [2.75, 3.05) is 6.54 Å². The van der Waals surface area contributed by atoms with Gasteiger partial charge in [0.15, 0.2) is 0 Å². The SMILES string of the molecule is Fc1ccc(C2CN(Cc3ccccc3)N=N2)cc1. The van der Waals surface area contributed by atoms with E-state index >= 15 is 0 Å². The maximum absolute atomic E-state index is 12.9. The summed E-state index contributed by atoms with van der Waals surface area (Å²) in [5.74, 6) is -0.222. The minimum atomic E-state index is -0.222. The highest BCUT2D eigenvalue weighted by Crippen LogP contribution is 2.26. The molecule has 1 unspecified atom stereocenters. The van der Waals surface area contributed by atoms with Gasteiger partial charge in [-0.2, -0.15) is 5.11 Å². The molecule has 2 aromatic carbocycles. The predicted octanol–water partition coefficient (Wildman–Crippen LogP) is 3.75. The molecule has 0 aromatic heterocycles. The van der Waals surface area contributed by atoms with Gasteiger partial charge in [0.2, 0.25) is 0 Å². The molecule has 0 saturated heterocycles. The van der Waals surface area contributed by atoms with E-state index in [9.17, 15) is 4.39 Å². The fraction of sp³-hybridized carbons (Fsp3) is 0.200. The van der Waals surface area contributed by atoms with Gasteiger partial charge in [-0.1, -0.05) is 47.7 Å². The molecule has 0 fully saturated rings. The Hall–Kier alpha value is -2.23.